The average molecular weight is 682 g/mol. The number of sulfonamides is 1. The van der Waals surface area contributed by atoms with Gasteiger partial charge in [0, 0.05) is 31.8 Å². The first-order valence-electron chi connectivity index (χ1n) is 13.2. The maximum atomic E-state index is 15.7. The lowest BCUT2D eigenvalue weighted by molar-refractivity contribution is 0.151. The highest BCUT2D eigenvalue weighted by atomic mass is 35.5. The molecule has 0 atom stereocenters. The number of halogens is 3. The van der Waals surface area contributed by atoms with Gasteiger partial charge in [-0.25, -0.2) is 26.9 Å². The van der Waals surface area contributed by atoms with Gasteiger partial charge in [0.2, 0.25) is 5.13 Å². The molecule has 1 amide bonds. The van der Waals surface area contributed by atoms with Crippen LogP contribution in [0.25, 0.3) is 0 Å². The van der Waals surface area contributed by atoms with Crippen LogP contribution in [0.15, 0.2) is 65.7 Å². The molecule has 0 fully saturated rings. The molecule has 0 saturated heterocycles. The number of alkyl carbamates (subject to hydrolysis) is 1. The molecule has 1 aromatic heterocycles. The summed E-state index contributed by atoms with van der Waals surface area (Å²) < 4.78 is 74.1. The number of likely N-dealkylation sites (N-methyl/N-ethyl adjacent to an activating group) is 1. The standard InChI is InChI=1S/C29H30ClF2N5O6S2/c1-33-29(38)43-12-11-36(2)24-8-6-5-7-22(24)35-23-15-21(31)26(14-20(23)30)45(39,40)37(28-34-16-27(32)44-28)17-18-9-10-19(41-3)13-25(18)42-4/h5-10,13-16,35H,11-12,17H2,1-4H3,(H,33,38). The number of methoxy groups -OCH3 is 2. The Hall–Kier alpha value is -4.34. The third-order valence-electron chi connectivity index (χ3n) is 6.53. The topological polar surface area (TPSA) is 122 Å². The number of benzene rings is 3. The van der Waals surface area contributed by atoms with Gasteiger partial charge in [-0.2, -0.15) is 4.39 Å². The SMILES string of the molecule is CNC(=O)OCCN(C)c1ccccc1Nc1cc(F)c(S(=O)(=O)N(Cc2ccc(OC)cc2OC)c2ncc(F)s2)cc1Cl. The molecule has 0 aliphatic rings. The van der Waals surface area contributed by atoms with Crippen LogP contribution in [0.3, 0.4) is 0 Å². The van der Waals surface area contributed by atoms with Crippen molar-refractivity contribution in [2.75, 3.05) is 56.0 Å². The van der Waals surface area contributed by atoms with Crippen molar-refractivity contribution in [3.8, 4) is 11.5 Å². The number of rotatable bonds is 13. The highest BCUT2D eigenvalue weighted by molar-refractivity contribution is 7.93. The predicted octanol–water partition coefficient (Wildman–Crippen LogP) is 6.02. The summed E-state index contributed by atoms with van der Waals surface area (Å²) in [5.41, 5.74) is 1.70. The molecule has 240 valence electrons. The fraction of sp³-hybridized carbons (Fsp3) is 0.241. The molecule has 1 heterocycles. The van der Waals surface area contributed by atoms with Crippen molar-refractivity contribution in [3.05, 3.63) is 82.3 Å². The van der Waals surface area contributed by atoms with Gasteiger partial charge in [-0.15, -0.1) is 0 Å². The number of ether oxygens (including phenoxy) is 3. The molecule has 45 heavy (non-hydrogen) atoms. The van der Waals surface area contributed by atoms with Crippen LogP contribution in [0, 0.1) is 10.9 Å². The van der Waals surface area contributed by atoms with E-state index in [0.717, 1.165) is 22.6 Å². The van der Waals surface area contributed by atoms with E-state index in [9.17, 15) is 17.6 Å². The van der Waals surface area contributed by atoms with Gasteiger partial charge in [-0.1, -0.05) is 35.1 Å². The van der Waals surface area contributed by atoms with Gasteiger partial charge in [-0.05, 0) is 30.3 Å². The molecule has 3 aromatic carbocycles. The van der Waals surface area contributed by atoms with Crippen molar-refractivity contribution < 1.29 is 36.2 Å². The molecule has 2 N–H and O–H groups in total. The van der Waals surface area contributed by atoms with Crippen LogP contribution in [0.2, 0.25) is 5.02 Å². The predicted molar refractivity (Wildman–Crippen MR) is 170 cm³/mol. The summed E-state index contributed by atoms with van der Waals surface area (Å²) >= 11 is 7.01. The van der Waals surface area contributed by atoms with Crippen molar-refractivity contribution in [2.24, 2.45) is 0 Å². The zero-order chi connectivity index (χ0) is 32.7. The first-order chi connectivity index (χ1) is 21.5. The van der Waals surface area contributed by atoms with E-state index in [4.69, 9.17) is 25.8 Å². The van der Waals surface area contributed by atoms with Crippen LogP contribution in [0.1, 0.15) is 5.56 Å². The number of hydrogen-bond donors (Lipinski definition) is 2. The molecular formula is C29H30ClF2N5O6S2. The number of carbonyl (C=O) groups excluding carboxylic acids is 1. The Balaban J connectivity index is 1.66. The minimum absolute atomic E-state index is 0.0947. The average Bonchev–Trinajstić information content (AvgIpc) is 3.46. The normalized spacial score (nSPS) is 11.1. The number of amides is 1. The monoisotopic (exact) mass is 681 g/mol. The number of nitrogens with zero attached hydrogens (tertiary/aromatic N) is 3. The van der Waals surface area contributed by atoms with Crippen molar-refractivity contribution in [1.82, 2.24) is 10.3 Å². The van der Waals surface area contributed by atoms with Gasteiger partial charge in [0.1, 0.15) is 28.8 Å². The van der Waals surface area contributed by atoms with Crippen LogP contribution in [-0.2, 0) is 21.3 Å². The molecule has 16 heteroatoms. The third kappa shape index (κ3) is 7.85. The second kappa shape index (κ2) is 14.6. The van der Waals surface area contributed by atoms with E-state index in [2.05, 4.69) is 15.6 Å². The highest BCUT2D eigenvalue weighted by Crippen LogP contribution is 2.37. The molecular weight excluding hydrogens is 652 g/mol. The second-order valence-corrected chi connectivity index (χ2v) is 12.5. The Labute approximate surface area is 268 Å². The Morgan fingerprint density at radius 2 is 1.82 bits per heavy atom. The summed E-state index contributed by atoms with van der Waals surface area (Å²) in [4.78, 5) is 16.4. The summed E-state index contributed by atoms with van der Waals surface area (Å²) in [5, 5.41) is 4.38. The van der Waals surface area contributed by atoms with Gasteiger partial charge in [0.05, 0.1) is 55.6 Å². The van der Waals surface area contributed by atoms with Crippen LogP contribution >= 0.6 is 22.9 Å². The molecule has 0 spiro atoms. The van der Waals surface area contributed by atoms with E-state index in [1.165, 1.54) is 21.3 Å². The minimum atomic E-state index is -4.68. The highest BCUT2D eigenvalue weighted by Gasteiger charge is 2.32. The number of anilines is 4. The molecule has 0 radical (unpaired) electrons. The lowest BCUT2D eigenvalue weighted by Crippen LogP contribution is -2.31. The molecule has 0 bridgehead atoms. The van der Waals surface area contributed by atoms with Gasteiger partial charge in [0.25, 0.3) is 10.0 Å². The van der Waals surface area contributed by atoms with E-state index in [0.29, 0.717) is 46.3 Å². The van der Waals surface area contributed by atoms with Crippen LogP contribution in [0.4, 0.5) is 35.8 Å². The number of para-hydroxylation sites is 2. The van der Waals surface area contributed by atoms with Gasteiger partial charge >= 0.3 is 6.09 Å². The largest absolute Gasteiger partial charge is 0.497 e. The quantitative estimate of drug-likeness (QED) is 0.174. The summed E-state index contributed by atoms with van der Waals surface area (Å²) in [7, 11) is 1.43. The van der Waals surface area contributed by atoms with E-state index in [1.54, 1.807) is 49.5 Å². The maximum absolute atomic E-state index is 15.7. The lowest BCUT2D eigenvalue weighted by atomic mass is 10.2. The molecule has 0 aliphatic heterocycles. The van der Waals surface area contributed by atoms with E-state index in [-0.39, 0.29) is 29.0 Å². The molecule has 11 nitrogen and oxygen atoms in total. The number of nitrogens with one attached hydrogen (secondary N) is 2. The van der Waals surface area contributed by atoms with E-state index in [1.807, 2.05) is 4.90 Å². The summed E-state index contributed by atoms with van der Waals surface area (Å²) in [6, 6.07) is 13.8. The second-order valence-electron chi connectivity index (χ2n) is 9.35. The number of aromatic nitrogens is 1. The summed E-state index contributed by atoms with van der Waals surface area (Å²) in [5.74, 6) is -0.333. The summed E-state index contributed by atoms with van der Waals surface area (Å²) in [6.45, 7) is 0.0920. The fourth-order valence-corrected chi connectivity index (χ4v) is 6.82. The van der Waals surface area contributed by atoms with E-state index < -0.39 is 32.0 Å². The number of carbonyl (C=O) groups is 1. The van der Waals surface area contributed by atoms with Gasteiger partial charge < -0.3 is 29.7 Å². The molecule has 0 unspecified atom stereocenters. The zero-order valence-corrected chi connectivity index (χ0v) is 27.0. The Kier molecular flexibility index (Phi) is 10.9. The van der Waals surface area contributed by atoms with Gasteiger partial charge in [0.15, 0.2) is 5.13 Å². The van der Waals surface area contributed by atoms with Crippen molar-refractivity contribution in [2.45, 2.75) is 11.4 Å². The minimum Gasteiger partial charge on any atom is -0.497 e. The van der Waals surface area contributed by atoms with Crippen LogP contribution in [-0.4, -0.2) is 61.0 Å². The van der Waals surface area contributed by atoms with Crippen molar-refractivity contribution >= 4 is 61.2 Å². The maximum Gasteiger partial charge on any atom is 0.406 e. The first kappa shape index (κ1) is 33.6. The van der Waals surface area contributed by atoms with Crippen LogP contribution in [0.5, 0.6) is 11.5 Å². The van der Waals surface area contributed by atoms with Gasteiger partial charge in [-0.3, -0.25) is 0 Å². The Morgan fingerprint density at radius 1 is 1.07 bits per heavy atom. The molecule has 0 aliphatic carbocycles. The molecule has 4 rings (SSSR count). The number of thiazole rings is 1. The van der Waals surface area contributed by atoms with Crippen molar-refractivity contribution in [3.63, 3.8) is 0 Å². The molecule has 0 saturated carbocycles. The first-order valence-corrected chi connectivity index (χ1v) is 15.9. The van der Waals surface area contributed by atoms with Crippen molar-refractivity contribution in [1.29, 1.82) is 0 Å². The lowest BCUT2D eigenvalue weighted by Gasteiger charge is -2.24. The third-order valence-corrected chi connectivity index (χ3v) is 9.51. The smallest absolute Gasteiger partial charge is 0.406 e. The zero-order valence-electron chi connectivity index (χ0n) is 24.6. The Morgan fingerprint density at radius 3 is 2.49 bits per heavy atom. The molecule has 4 aromatic rings. The summed E-state index contributed by atoms with van der Waals surface area (Å²) in [6.07, 6.45) is 0.317. The van der Waals surface area contributed by atoms with E-state index >= 15 is 4.39 Å². The Bertz CT molecular complexity index is 1780. The van der Waals surface area contributed by atoms with Crippen LogP contribution < -0.4 is 29.3 Å². The number of hydrogen-bond acceptors (Lipinski definition) is 10. The fourth-order valence-electron chi connectivity index (χ4n) is 4.22.